The lowest BCUT2D eigenvalue weighted by atomic mass is 10.2. The molecule has 0 fully saturated rings. The zero-order valence-electron chi connectivity index (χ0n) is 6.96. The summed E-state index contributed by atoms with van der Waals surface area (Å²) >= 11 is 0. The molecule has 0 spiro atoms. The minimum atomic E-state index is -0.686. The van der Waals surface area contributed by atoms with Crippen LogP contribution < -0.4 is 10.9 Å². The number of amides is 2. The zero-order valence-corrected chi connectivity index (χ0v) is 6.96. The Morgan fingerprint density at radius 3 is 2.69 bits per heavy atom. The molecule has 1 aromatic rings. The third kappa shape index (κ3) is 2.26. The molecule has 13 heavy (non-hydrogen) atoms. The molecule has 1 heterocycles. The lowest BCUT2D eigenvalue weighted by Gasteiger charge is -1.98. The van der Waals surface area contributed by atoms with Gasteiger partial charge in [-0.3, -0.25) is 19.7 Å². The molecule has 5 heteroatoms. The number of hydrogen-bond acceptors (Lipinski definition) is 3. The summed E-state index contributed by atoms with van der Waals surface area (Å²) in [6.45, 7) is 1.20. The first-order valence-electron chi connectivity index (χ1n) is 3.61. The van der Waals surface area contributed by atoms with Crippen LogP contribution in [0.1, 0.15) is 17.3 Å². The Labute approximate surface area is 73.8 Å². The van der Waals surface area contributed by atoms with Gasteiger partial charge in [0.15, 0.2) is 0 Å². The van der Waals surface area contributed by atoms with Crippen LogP contribution in [0.4, 0.5) is 0 Å². The molecule has 0 aliphatic carbocycles. The maximum atomic E-state index is 11.1. The maximum Gasteiger partial charge on any atom is 0.263 e. The van der Waals surface area contributed by atoms with Gasteiger partial charge >= 0.3 is 0 Å². The number of nitrogens with one attached hydrogen (secondary N) is 2. The van der Waals surface area contributed by atoms with Crippen LogP contribution in [0.3, 0.4) is 0 Å². The fraction of sp³-hybridized carbons (Fsp3) is 0.125. The lowest BCUT2D eigenvalue weighted by Crippen LogP contribution is -2.32. The third-order valence-electron chi connectivity index (χ3n) is 1.35. The van der Waals surface area contributed by atoms with Crippen LogP contribution in [-0.2, 0) is 4.79 Å². The molecule has 0 saturated carbocycles. The van der Waals surface area contributed by atoms with Crippen LogP contribution in [0.25, 0.3) is 0 Å². The van der Waals surface area contributed by atoms with Crippen molar-refractivity contribution in [3.8, 4) is 0 Å². The summed E-state index contributed by atoms with van der Waals surface area (Å²) in [5.41, 5.74) is -0.584. The zero-order chi connectivity index (χ0) is 9.84. The first-order chi connectivity index (χ1) is 6.11. The van der Waals surface area contributed by atoms with Crippen LogP contribution >= 0.6 is 0 Å². The molecule has 0 bridgehead atoms. The topological polar surface area (TPSA) is 79.0 Å². The van der Waals surface area contributed by atoms with Crippen LogP contribution in [0, 0.1) is 0 Å². The van der Waals surface area contributed by atoms with Gasteiger partial charge in [0, 0.05) is 13.1 Å². The van der Waals surface area contributed by atoms with Crippen LogP contribution in [0.15, 0.2) is 23.1 Å². The molecule has 0 saturated heterocycles. The second-order valence-corrected chi connectivity index (χ2v) is 2.42. The Kier molecular flexibility index (Phi) is 2.59. The second-order valence-electron chi connectivity index (χ2n) is 2.42. The number of aromatic amines is 1. The molecule has 0 atom stereocenters. The minimum Gasteiger partial charge on any atom is -0.328 e. The number of carbonyl (C=O) groups is 2. The van der Waals surface area contributed by atoms with E-state index in [4.69, 9.17) is 0 Å². The Bertz CT molecular complexity index is 394. The van der Waals surface area contributed by atoms with Crippen molar-refractivity contribution in [2.45, 2.75) is 6.92 Å². The van der Waals surface area contributed by atoms with Gasteiger partial charge in [0.1, 0.15) is 5.56 Å². The van der Waals surface area contributed by atoms with Crippen molar-refractivity contribution in [1.82, 2.24) is 10.3 Å². The molecule has 0 unspecified atom stereocenters. The number of H-pyrrole nitrogens is 1. The van der Waals surface area contributed by atoms with Gasteiger partial charge in [0.05, 0.1) is 0 Å². The summed E-state index contributed by atoms with van der Waals surface area (Å²) in [5, 5.41) is 2.00. The van der Waals surface area contributed by atoms with Crippen LogP contribution in [0.2, 0.25) is 0 Å². The van der Waals surface area contributed by atoms with E-state index in [1.807, 2.05) is 5.32 Å². The van der Waals surface area contributed by atoms with E-state index in [9.17, 15) is 14.4 Å². The van der Waals surface area contributed by atoms with Gasteiger partial charge in [-0.2, -0.15) is 0 Å². The van der Waals surface area contributed by atoms with Crippen molar-refractivity contribution in [1.29, 1.82) is 0 Å². The average molecular weight is 180 g/mol. The smallest absolute Gasteiger partial charge is 0.263 e. The number of rotatable bonds is 1. The molecule has 0 aromatic carbocycles. The van der Waals surface area contributed by atoms with Crippen molar-refractivity contribution in [2.75, 3.05) is 0 Å². The molecule has 68 valence electrons. The Morgan fingerprint density at radius 1 is 1.46 bits per heavy atom. The van der Waals surface area contributed by atoms with E-state index in [1.54, 1.807) is 0 Å². The highest BCUT2D eigenvalue weighted by atomic mass is 16.2. The molecular weight excluding hydrogens is 172 g/mol. The summed E-state index contributed by atoms with van der Waals surface area (Å²) < 4.78 is 0. The first kappa shape index (κ1) is 9.18. The van der Waals surface area contributed by atoms with E-state index in [0.717, 1.165) is 0 Å². The van der Waals surface area contributed by atoms with Gasteiger partial charge in [-0.05, 0) is 12.1 Å². The minimum absolute atomic E-state index is 0.0716. The molecule has 0 aliphatic rings. The van der Waals surface area contributed by atoms with Crippen molar-refractivity contribution >= 4 is 11.8 Å². The standard InChI is InChI=1S/C8H8N2O3/c1-5(11)10-8(13)6-3-2-4-9-7(6)12/h2-4H,1H3,(H,9,12)(H,10,11,13). The van der Waals surface area contributed by atoms with Gasteiger partial charge < -0.3 is 4.98 Å². The number of hydrogen-bond donors (Lipinski definition) is 2. The number of carbonyl (C=O) groups excluding carboxylic acids is 2. The number of aromatic nitrogens is 1. The third-order valence-corrected chi connectivity index (χ3v) is 1.35. The van der Waals surface area contributed by atoms with E-state index in [2.05, 4.69) is 4.98 Å². The Balaban J connectivity index is 2.96. The van der Waals surface area contributed by atoms with E-state index in [1.165, 1.54) is 25.3 Å². The highest BCUT2D eigenvalue weighted by Crippen LogP contribution is 1.88. The average Bonchev–Trinajstić information content (AvgIpc) is 2.03. The SMILES string of the molecule is CC(=O)NC(=O)c1ccc[nH]c1=O. The molecular formula is C8H8N2O3. The predicted molar refractivity (Wildman–Crippen MR) is 45.2 cm³/mol. The summed E-state index contributed by atoms with van der Waals surface area (Å²) in [4.78, 5) is 35.0. The quantitative estimate of drug-likeness (QED) is 0.620. The van der Waals surface area contributed by atoms with E-state index < -0.39 is 17.4 Å². The van der Waals surface area contributed by atoms with Gasteiger partial charge in [0.2, 0.25) is 5.91 Å². The normalized spacial score (nSPS) is 9.31. The van der Waals surface area contributed by atoms with Crippen molar-refractivity contribution < 1.29 is 9.59 Å². The Morgan fingerprint density at radius 2 is 2.15 bits per heavy atom. The highest BCUT2D eigenvalue weighted by molar-refractivity contribution is 6.03. The van der Waals surface area contributed by atoms with E-state index in [-0.39, 0.29) is 5.56 Å². The van der Waals surface area contributed by atoms with Gasteiger partial charge in [0.25, 0.3) is 11.5 Å². The van der Waals surface area contributed by atoms with Crippen molar-refractivity contribution in [3.05, 3.63) is 34.2 Å². The fourth-order valence-electron chi connectivity index (χ4n) is 0.828. The van der Waals surface area contributed by atoms with Gasteiger partial charge in [-0.1, -0.05) is 0 Å². The Hall–Kier alpha value is -1.91. The maximum absolute atomic E-state index is 11.1. The fourth-order valence-corrected chi connectivity index (χ4v) is 0.828. The predicted octanol–water partition coefficient (Wildman–Crippen LogP) is -0.349. The van der Waals surface area contributed by atoms with Crippen LogP contribution in [0.5, 0.6) is 0 Å². The lowest BCUT2D eigenvalue weighted by molar-refractivity contribution is -0.118. The molecule has 5 nitrogen and oxygen atoms in total. The van der Waals surface area contributed by atoms with Gasteiger partial charge in [-0.25, -0.2) is 0 Å². The van der Waals surface area contributed by atoms with Crippen molar-refractivity contribution in [2.24, 2.45) is 0 Å². The molecule has 0 radical (unpaired) electrons. The molecule has 2 amide bonds. The summed E-state index contributed by atoms with van der Waals surface area (Å²) in [7, 11) is 0. The molecule has 1 rings (SSSR count). The monoisotopic (exact) mass is 180 g/mol. The summed E-state index contributed by atoms with van der Waals surface area (Å²) in [6, 6.07) is 2.85. The first-order valence-corrected chi connectivity index (χ1v) is 3.61. The number of imide groups is 1. The molecule has 0 aliphatic heterocycles. The van der Waals surface area contributed by atoms with E-state index in [0.29, 0.717) is 0 Å². The largest absolute Gasteiger partial charge is 0.328 e. The summed E-state index contributed by atoms with van der Waals surface area (Å²) in [5.74, 6) is -1.18. The molecule has 1 aromatic heterocycles. The van der Waals surface area contributed by atoms with E-state index >= 15 is 0 Å². The molecule has 2 N–H and O–H groups in total. The summed E-state index contributed by atoms with van der Waals surface area (Å²) in [6.07, 6.45) is 1.41. The van der Waals surface area contributed by atoms with Crippen molar-refractivity contribution in [3.63, 3.8) is 0 Å². The van der Waals surface area contributed by atoms with Gasteiger partial charge in [-0.15, -0.1) is 0 Å². The highest BCUT2D eigenvalue weighted by Gasteiger charge is 2.09. The van der Waals surface area contributed by atoms with Crippen LogP contribution in [-0.4, -0.2) is 16.8 Å². The second kappa shape index (κ2) is 3.66. The number of pyridine rings is 1.